The molecule has 0 fully saturated rings. The summed E-state index contributed by atoms with van der Waals surface area (Å²) >= 11 is 2.24. The third kappa shape index (κ3) is 7.74. The van der Waals surface area contributed by atoms with Gasteiger partial charge in [-0.2, -0.15) is 11.8 Å². The van der Waals surface area contributed by atoms with Crippen LogP contribution in [0.15, 0.2) is 0 Å². The zero-order valence-corrected chi connectivity index (χ0v) is 18.7. The van der Waals surface area contributed by atoms with E-state index in [2.05, 4.69) is 53.3 Å². The van der Waals surface area contributed by atoms with Crippen molar-refractivity contribution < 1.29 is 0 Å². The lowest BCUT2D eigenvalue weighted by molar-refractivity contribution is 0.983. The molecular formula is C18H42SSi2. The second kappa shape index (κ2) is 12.2. The van der Waals surface area contributed by atoms with E-state index < -0.39 is 16.1 Å². The molecule has 0 spiro atoms. The molecule has 0 radical (unpaired) electrons. The minimum atomic E-state index is -0.840. The Labute approximate surface area is 142 Å². The first-order valence-electron chi connectivity index (χ1n) is 9.65. The van der Waals surface area contributed by atoms with E-state index in [0.717, 1.165) is 0 Å². The van der Waals surface area contributed by atoms with Gasteiger partial charge in [0.2, 0.25) is 0 Å². The maximum Gasteiger partial charge on any atom is 0.0527 e. The molecule has 0 atom stereocenters. The Bertz CT molecular complexity index is 195. The standard InChI is InChI=1S/C18H42SSi2/c1-7-20(8-2,9-3)17-13-15-19-16-14-18-21(10-4,11-5)12-6/h7-18H2,1-6H3. The largest absolute Gasteiger partial charge is 0.162 e. The normalized spacial score (nSPS) is 12.9. The molecule has 0 nitrogen and oxygen atoms in total. The number of hydrogen-bond acceptors (Lipinski definition) is 1. The fraction of sp³-hybridized carbons (Fsp3) is 1.00. The molecule has 0 aromatic rings. The van der Waals surface area contributed by atoms with E-state index >= 15 is 0 Å². The van der Waals surface area contributed by atoms with E-state index in [9.17, 15) is 0 Å². The van der Waals surface area contributed by atoms with E-state index in [1.165, 1.54) is 60.6 Å². The molecular weight excluding hydrogens is 304 g/mol. The molecule has 0 aliphatic rings. The first kappa shape index (κ1) is 21.8. The van der Waals surface area contributed by atoms with Gasteiger partial charge in [-0.05, 0) is 24.3 Å². The molecule has 21 heavy (non-hydrogen) atoms. The lowest BCUT2D eigenvalue weighted by Gasteiger charge is -2.28. The van der Waals surface area contributed by atoms with Crippen LogP contribution in [0.2, 0.25) is 48.4 Å². The van der Waals surface area contributed by atoms with E-state index in [4.69, 9.17) is 0 Å². The van der Waals surface area contributed by atoms with E-state index in [1.54, 1.807) is 12.1 Å². The molecule has 0 saturated carbocycles. The summed E-state index contributed by atoms with van der Waals surface area (Å²) in [5, 5.41) is 0. The highest BCUT2D eigenvalue weighted by Gasteiger charge is 2.26. The Hall–Kier alpha value is 0.784. The molecule has 0 aliphatic heterocycles. The zero-order chi connectivity index (χ0) is 16.2. The van der Waals surface area contributed by atoms with Gasteiger partial charge in [-0.1, -0.05) is 89.9 Å². The first-order valence-corrected chi connectivity index (χ1v) is 16.5. The maximum absolute atomic E-state index is 2.44. The van der Waals surface area contributed by atoms with Crippen LogP contribution in [-0.4, -0.2) is 27.7 Å². The van der Waals surface area contributed by atoms with Crippen LogP contribution < -0.4 is 0 Å². The number of hydrogen-bond donors (Lipinski definition) is 0. The van der Waals surface area contributed by atoms with Crippen molar-refractivity contribution >= 4 is 27.9 Å². The van der Waals surface area contributed by atoms with Gasteiger partial charge >= 0.3 is 0 Å². The molecule has 3 heteroatoms. The van der Waals surface area contributed by atoms with E-state index in [-0.39, 0.29) is 0 Å². The topological polar surface area (TPSA) is 0 Å². The predicted octanol–water partition coefficient (Wildman–Crippen LogP) is 7.52. The molecule has 0 aromatic carbocycles. The van der Waals surface area contributed by atoms with Crippen LogP contribution in [0, 0.1) is 0 Å². The fourth-order valence-corrected chi connectivity index (χ4v) is 12.1. The van der Waals surface area contributed by atoms with Crippen molar-refractivity contribution in [3.05, 3.63) is 0 Å². The summed E-state index contributed by atoms with van der Waals surface area (Å²) < 4.78 is 0. The summed E-state index contributed by atoms with van der Waals surface area (Å²) in [4.78, 5) is 0. The minimum Gasteiger partial charge on any atom is -0.162 e. The van der Waals surface area contributed by atoms with Gasteiger partial charge in [-0.3, -0.25) is 0 Å². The van der Waals surface area contributed by atoms with Crippen molar-refractivity contribution in [2.75, 3.05) is 11.5 Å². The molecule has 0 N–H and O–H groups in total. The molecule has 0 unspecified atom stereocenters. The Morgan fingerprint density at radius 1 is 0.524 bits per heavy atom. The molecule has 0 heterocycles. The molecule has 0 aromatic heterocycles. The van der Waals surface area contributed by atoms with Crippen LogP contribution in [0.25, 0.3) is 0 Å². The molecule has 0 rings (SSSR count). The first-order chi connectivity index (χ1) is 10.1. The van der Waals surface area contributed by atoms with Gasteiger partial charge in [0.1, 0.15) is 0 Å². The van der Waals surface area contributed by atoms with Crippen LogP contribution in [-0.2, 0) is 0 Å². The lowest BCUT2D eigenvalue weighted by atomic mass is 10.6. The van der Waals surface area contributed by atoms with Gasteiger partial charge in [0.25, 0.3) is 0 Å². The van der Waals surface area contributed by atoms with Gasteiger partial charge in [-0.25, -0.2) is 0 Å². The van der Waals surface area contributed by atoms with Crippen molar-refractivity contribution in [2.24, 2.45) is 0 Å². The van der Waals surface area contributed by atoms with Crippen LogP contribution in [0.5, 0.6) is 0 Å². The van der Waals surface area contributed by atoms with Gasteiger partial charge in [0.15, 0.2) is 0 Å². The molecule has 0 aliphatic carbocycles. The van der Waals surface area contributed by atoms with Crippen molar-refractivity contribution in [2.45, 2.75) is 103 Å². The van der Waals surface area contributed by atoms with Crippen molar-refractivity contribution in [3.63, 3.8) is 0 Å². The fourth-order valence-electron chi connectivity index (χ4n) is 3.76. The van der Waals surface area contributed by atoms with Gasteiger partial charge in [-0.15, -0.1) is 0 Å². The van der Waals surface area contributed by atoms with Gasteiger partial charge in [0, 0.05) is 0 Å². The Morgan fingerprint density at radius 3 is 1.05 bits per heavy atom. The smallest absolute Gasteiger partial charge is 0.0527 e. The maximum atomic E-state index is 2.44. The summed E-state index contributed by atoms with van der Waals surface area (Å²) in [6, 6.07) is 12.2. The monoisotopic (exact) mass is 346 g/mol. The van der Waals surface area contributed by atoms with Crippen LogP contribution in [0.3, 0.4) is 0 Å². The van der Waals surface area contributed by atoms with Gasteiger partial charge < -0.3 is 0 Å². The Kier molecular flexibility index (Phi) is 12.7. The summed E-state index contributed by atoms with van der Waals surface area (Å²) in [7, 11) is -1.68. The number of thioether (sulfide) groups is 1. The average molecular weight is 347 g/mol. The quantitative estimate of drug-likeness (QED) is 0.231. The van der Waals surface area contributed by atoms with Gasteiger partial charge in [0.05, 0.1) is 16.1 Å². The SMILES string of the molecule is CC[Si](CC)(CC)CCCSCCC[Si](CC)(CC)CC. The highest BCUT2D eigenvalue weighted by molar-refractivity contribution is 7.99. The second-order valence-electron chi connectivity index (χ2n) is 6.94. The third-order valence-electron chi connectivity index (χ3n) is 6.49. The van der Waals surface area contributed by atoms with Crippen molar-refractivity contribution in [3.8, 4) is 0 Å². The third-order valence-corrected chi connectivity index (χ3v) is 19.5. The minimum absolute atomic E-state index is 0.840. The Balaban J connectivity index is 3.78. The average Bonchev–Trinajstić information content (AvgIpc) is 2.55. The van der Waals surface area contributed by atoms with E-state index in [1.807, 2.05) is 0 Å². The van der Waals surface area contributed by atoms with Crippen LogP contribution in [0.1, 0.15) is 54.4 Å². The molecule has 128 valence electrons. The zero-order valence-electron chi connectivity index (χ0n) is 15.9. The lowest BCUT2D eigenvalue weighted by Crippen LogP contribution is -2.31. The highest BCUT2D eigenvalue weighted by atomic mass is 32.2. The van der Waals surface area contributed by atoms with Crippen LogP contribution >= 0.6 is 11.8 Å². The molecule has 0 amide bonds. The second-order valence-corrected chi connectivity index (χ2v) is 19.4. The van der Waals surface area contributed by atoms with Crippen molar-refractivity contribution in [1.82, 2.24) is 0 Å². The predicted molar refractivity (Wildman–Crippen MR) is 111 cm³/mol. The van der Waals surface area contributed by atoms with Crippen molar-refractivity contribution in [1.29, 1.82) is 0 Å². The number of rotatable bonds is 14. The summed E-state index contributed by atoms with van der Waals surface area (Å²) in [5.74, 6) is 2.85. The summed E-state index contributed by atoms with van der Waals surface area (Å²) in [5.41, 5.74) is 0. The summed E-state index contributed by atoms with van der Waals surface area (Å²) in [6.07, 6.45) is 2.98. The summed E-state index contributed by atoms with van der Waals surface area (Å²) in [6.45, 7) is 14.6. The molecule has 0 saturated heterocycles. The Morgan fingerprint density at radius 2 is 0.810 bits per heavy atom. The van der Waals surface area contributed by atoms with E-state index in [0.29, 0.717) is 0 Å². The molecule has 0 bridgehead atoms. The van der Waals surface area contributed by atoms with Crippen LogP contribution in [0.4, 0.5) is 0 Å². The highest BCUT2D eigenvalue weighted by Crippen LogP contribution is 2.29.